The van der Waals surface area contributed by atoms with Crippen molar-refractivity contribution in [2.24, 2.45) is 11.8 Å². The van der Waals surface area contributed by atoms with Crippen molar-refractivity contribution in [1.29, 1.82) is 0 Å². The highest BCUT2D eigenvalue weighted by Gasteiger charge is 2.45. The molecule has 0 aromatic heterocycles. The fraction of sp³-hybridized carbons (Fsp3) is 0.562. The number of amides is 1. The van der Waals surface area contributed by atoms with Gasteiger partial charge in [0.2, 0.25) is 0 Å². The van der Waals surface area contributed by atoms with Crippen LogP contribution in [0.4, 0.5) is 0 Å². The van der Waals surface area contributed by atoms with Crippen LogP contribution in [0.1, 0.15) is 29.3 Å². The van der Waals surface area contributed by atoms with Gasteiger partial charge in [-0.25, -0.2) is 0 Å². The second kappa shape index (κ2) is 5.49. The van der Waals surface area contributed by atoms with Gasteiger partial charge in [-0.1, -0.05) is 13.0 Å². The van der Waals surface area contributed by atoms with Gasteiger partial charge < -0.3 is 10.2 Å². The lowest BCUT2D eigenvalue weighted by molar-refractivity contribution is 0.0710. The maximum absolute atomic E-state index is 12.9. The fourth-order valence-electron chi connectivity index (χ4n) is 3.73. The van der Waals surface area contributed by atoms with E-state index in [9.17, 15) is 4.79 Å². The molecule has 2 aliphatic heterocycles. The second-order valence-electron chi connectivity index (χ2n) is 6.00. The molecule has 1 amide bonds. The number of aryl methyl sites for hydroxylation is 1. The van der Waals surface area contributed by atoms with Gasteiger partial charge in [0.25, 0.3) is 5.91 Å². The largest absolute Gasteiger partial charge is 0.335 e. The van der Waals surface area contributed by atoms with Crippen molar-refractivity contribution in [1.82, 2.24) is 10.2 Å². The summed E-state index contributed by atoms with van der Waals surface area (Å²) in [6, 6.07) is 6.36. The van der Waals surface area contributed by atoms with Crippen molar-refractivity contribution >= 4 is 21.8 Å². The zero-order valence-corrected chi connectivity index (χ0v) is 13.6. The van der Waals surface area contributed by atoms with E-state index in [4.69, 9.17) is 0 Å². The van der Waals surface area contributed by atoms with Gasteiger partial charge in [-0.2, -0.15) is 0 Å². The summed E-state index contributed by atoms with van der Waals surface area (Å²) in [4.78, 5) is 15.0. The smallest absolute Gasteiger partial charge is 0.255 e. The first kappa shape index (κ1) is 14.1. The number of nitrogens with one attached hydrogen (secondary N) is 1. The van der Waals surface area contributed by atoms with Gasteiger partial charge in [0.05, 0.1) is 5.56 Å². The van der Waals surface area contributed by atoms with Crippen LogP contribution in [0.25, 0.3) is 0 Å². The molecule has 0 aliphatic carbocycles. The van der Waals surface area contributed by atoms with Crippen molar-refractivity contribution in [3.05, 3.63) is 33.8 Å². The zero-order chi connectivity index (χ0) is 14.3. The topological polar surface area (TPSA) is 32.3 Å². The highest BCUT2D eigenvalue weighted by Crippen LogP contribution is 2.35. The van der Waals surface area contributed by atoms with Crippen molar-refractivity contribution in [2.45, 2.75) is 26.3 Å². The minimum atomic E-state index is 0.179. The number of benzene rings is 1. The lowest BCUT2D eigenvalue weighted by Crippen LogP contribution is -2.39. The summed E-state index contributed by atoms with van der Waals surface area (Å²) in [7, 11) is 0. The minimum absolute atomic E-state index is 0.179. The third-order valence-electron chi connectivity index (χ3n) is 4.75. The minimum Gasteiger partial charge on any atom is -0.335 e. The Balaban J connectivity index is 1.86. The number of carbonyl (C=O) groups excluding carboxylic acids is 1. The number of hydrogen-bond donors (Lipinski definition) is 1. The van der Waals surface area contributed by atoms with E-state index in [2.05, 4.69) is 33.1 Å². The molecule has 0 radical (unpaired) electrons. The molecule has 2 saturated heterocycles. The molecule has 3 rings (SSSR count). The van der Waals surface area contributed by atoms with E-state index >= 15 is 0 Å². The number of halogens is 1. The van der Waals surface area contributed by atoms with Gasteiger partial charge in [0, 0.05) is 30.1 Å². The third-order valence-corrected chi connectivity index (χ3v) is 5.41. The van der Waals surface area contributed by atoms with Crippen LogP contribution in [0.15, 0.2) is 22.7 Å². The Morgan fingerprint density at radius 1 is 1.45 bits per heavy atom. The highest BCUT2D eigenvalue weighted by atomic mass is 79.9. The van der Waals surface area contributed by atoms with Gasteiger partial charge in [-0.15, -0.1) is 0 Å². The van der Waals surface area contributed by atoms with E-state index < -0.39 is 0 Å². The predicted molar refractivity (Wildman–Crippen MR) is 83.8 cm³/mol. The number of fused-ring (bicyclic) bond motifs is 1. The average Bonchev–Trinajstić information content (AvgIpc) is 2.97. The number of hydrogen-bond acceptors (Lipinski definition) is 2. The molecule has 0 spiro atoms. The van der Waals surface area contributed by atoms with Crippen molar-refractivity contribution < 1.29 is 4.79 Å². The normalized spacial score (nSPS) is 28.8. The number of nitrogens with zero attached hydrogens (tertiary/aromatic N) is 1. The zero-order valence-electron chi connectivity index (χ0n) is 12.0. The molecule has 2 aliphatic rings. The van der Waals surface area contributed by atoms with Crippen LogP contribution >= 0.6 is 15.9 Å². The van der Waals surface area contributed by atoms with Crippen LogP contribution in [-0.4, -0.2) is 36.5 Å². The Morgan fingerprint density at radius 3 is 2.95 bits per heavy atom. The lowest BCUT2D eigenvalue weighted by Gasteiger charge is -2.27. The molecule has 0 saturated carbocycles. The number of likely N-dealkylation sites (tertiary alicyclic amines) is 1. The van der Waals surface area contributed by atoms with Crippen LogP contribution in [0, 0.1) is 18.8 Å². The fourth-order valence-corrected chi connectivity index (χ4v) is 4.39. The first-order chi connectivity index (χ1) is 9.61. The second-order valence-corrected chi connectivity index (χ2v) is 6.85. The number of rotatable bonds is 2. The molecule has 2 fully saturated rings. The van der Waals surface area contributed by atoms with E-state index in [-0.39, 0.29) is 5.91 Å². The van der Waals surface area contributed by atoms with Crippen LogP contribution in [0.3, 0.4) is 0 Å². The van der Waals surface area contributed by atoms with Crippen LogP contribution in [0.5, 0.6) is 0 Å². The molecule has 3 nitrogen and oxygen atoms in total. The third kappa shape index (κ3) is 2.29. The Labute approximate surface area is 128 Å². The summed E-state index contributed by atoms with van der Waals surface area (Å²) in [5.74, 6) is 1.44. The first-order valence-electron chi connectivity index (χ1n) is 7.39. The van der Waals surface area contributed by atoms with Crippen molar-refractivity contribution in [3.63, 3.8) is 0 Å². The van der Waals surface area contributed by atoms with Crippen LogP contribution < -0.4 is 5.32 Å². The molecule has 1 N–H and O–H groups in total. The standard InChI is InChI=1S/C16H21BrN2O/c1-3-15-13-8-18-7-11(13)9-19(15)16(20)12-5-4-10(2)6-14(12)17/h4-6,11,13,15,18H,3,7-9H2,1-2H3. The van der Waals surface area contributed by atoms with Gasteiger partial charge in [0.1, 0.15) is 0 Å². The summed E-state index contributed by atoms with van der Waals surface area (Å²) in [5, 5.41) is 3.46. The van der Waals surface area contributed by atoms with Crippen LogP contribution in [-0.2, 0) is 0 Å². The summed E-state index contributed by atoms with van der Waals surface area (Å²) in [6.45, 7) is 7.24. The molecule has 3 atom stereocenters. The summed E-state index contributed by atoms with van der Waals surface area (Å²) in [6.07, 6.45) is 1.04. The quantitative estimate of drug-likeness (QED) is 0.900. The first-order valence-corrected chi connectivity index (χ1v) is 8.19. The average molecular weight is 337 g/mol. The van der Waals surface area contributed by atoms with E-state index in [1.54, 1.807) is 0 Å². The monoisotopic (exact) mass is 336 g/mol. The maximum atomic E-state index is 12.9. The lowest BCUT2D eigenvalue weighted by atomic mass is 9.93. The van der Waals surface area contributed by atoms with E-state index in [1.807, 2.05) is 25.1 Å². The van der Waals surface area contributed by atoms with Crippen molar-refractivity contribution in [3.8, 4) is 0 Å². The highest BCUT2D eigenvalue weighted by molar-refractivity contribution is 9.10. The number of carbonyl (C=O) groups is 1. The molecule has 1 aromatic rings. The van der Waals surface area contributed by atoms with Crippen molar-refractivity contribution in [2.75, 3.05) is 19.6 Å². The Morgan fingerprint density at radius 2 is 2.25 bits per heavy atom. The SMILES string of the molecule is CCC1C2CNCC2CN1C(=O)c1ccc(C)cc1Br. The molecule has 0 bridgehead atoms. The molecule has 20 heavy (non-hydrogen) atoms. The van der Waals surface area contributed by atoms with E-state index in [0.29, 0.717) is 17.9 Å². The molecule has 108 valence electrons. The van der Waals surface area contributed by atoms with E-state index in [1.165, 1.54) is 5.56 Å². The maximum Gasteiger partial charge on any atom is 0.255 e. The molecular formula is C16H21BrN2O. The Kier molecular flexibility index (Phi) is 3.87. The summed E-state index contributed by atoms with van der Waals surface area (Å²) < 4.78 is 0.910. The predicted octanol–water partition coefficient (Wildman–Crippen LogP) is 2.83. The van der Waals surface area contributed by atoms with Gasteiger partial charge in [-0.05, 0) is 58.8 Å². The molecule has 3 unspecified atom stereocenters. The van der Waals surface area contributed by atoms with Gasteiger partial charge in [0.15, 0.2) is 0 Å². The Bertz CT molecular complexity index is 531. The Hall–Kier alpha value is -0.870. The summed E-state index contributed by atoms with van der Waals surface area (Å²) >= 11 is 3.54. The molecule has 1 aromatic carbocycles. The molecule has 2 heterocycles. The van der Waals surface area contributed by atoms with Gasteiger partial charge in [-0.3, -0.25) is 4.79 Å². The molecule has 4 heteroatoms. The van der Waals surface area contributed by atoms with Gasteiger partial charge >= 0.3 is 0 Å². The van der Waals surface area contributed by atoms with E-state index in [0.717, 1.165) is 36.1 Å². The summed E-state index contributed by atoms with van der Waals surface area (Å²) in [5.41, 5.74) is 1.96. The van der Waals surface area contributed by atoms with Crippen LogP contribution in [0.2, 0.25) is 0 Å². The molecular weight excluding hydrogens is 316 g/mol.